The van der Waals surface area contributed by atoms with Crippen molar-refractivity contribution < 1.29 is 19.1 Å². The number of fused-ring (bicyclic) bond motifs is 3. The van der Waals surface area contributed by atoms with Crippen LogP contribution >= 0.6 is 0 Å². The van der Waals surface area contributed by atoms with Gasteiger partial charge in [0.05, 0.1) is 31.5 Å². The Hall–Kier alpha value is -2.54. The van der Waals surface area contributed by atoms with Crippen molar-refractivity contribution in [1.82, 2.24) is 9.88 Å². The molecule has 2 N–H and O–H groups in total. The molecule has 4 rings (SSSR count). The molecule has 1 saturated carbocycles. The zero-order chi connectivity index (χ0) is 22.6. The van der Waals surface area contributed by atoms with Gasteiger partial charge in [0.15, 0.2) is 0 Å². The topological polar surface area (TPSA) is 83.7 Å². The number of carbonyl (C=O) groups is 2. The number of nitrogens with zero attached hydrogens (tertiary/aromatic N) is 1. The van der Waals surface area contributed by atoms with Crippen molar-refractivity contribution in [2.75, 3.05) is 26.1 Å². The van der Waals surface area contributed by atoms with E-state index in [0.29, 0.717) is 23.0 Å². The average Bonchev–Trinajstić information content (AvgIpc) is 3.19. The summed E-state index contributed by atoms with van der Waals surface area (Å²) in [5.74, 6) is 0.0249. The van der Waals surface area contributed by atoms with Crippen molar-refractivity contribution in [3.63, 3.8) is 0 Å². The maximum Gasteiger partial charge on any atom is 0.356 e. The van der Waals surface area contributed by atoms with Crippen molar-refractivity contribution in [2.45, 2.75) is 59.0 Å². The fraction of sp³-hybridized carbons (Fsp3) is 0.583. The minimum absolute atomic E-state index is 0.115. The van der Waals surface area contributed by atoms with Gasteiger partial charge in [-0.2, -0.15) is 0 Å². The Labute approximate surface area is 183 Å². The number of hydrogen-bond acceptors (Lipinski definition) is 5. The molecule has 1 aliphatic carbocycles. The van der Waals surface area contributed by atoms with Crippen molar-refractivity contribution in [2.24, 2.45) is 10.8 Å². The van der Waals surface area contributed by atoms with Gasteiger partial charge in [-0.25, -0.2) is 4.79 Å². The lowest BCUT2D eigenvalue weighted by molar-refractivity contribution is -0.121. The van der Waals surface area contributed by atoms with Crippen molar-refractivity contribution in [3.05, 3.63) is 23.9 Å². The first-order valence-electron chi connectivity index (χ1n) is 10.9. The molecule has 168 valence electrons. The molecule has 2 heterocycles. The fourth-order valence-electron chi connectivity index (χ4n) is 6.02. The lowest BCUT2D eigenvalue weighted by atomic mass is 9.65. The molecule has 3 atom stereocenters. The number of hydrogen-bond donors (Lipinski definition) is 2. The van der Waals surface area contributed by atoms with Crippen molar-refractivity contribution in [3.8, 4) is 5.75 Å². The summed E-state index contributed by atoms with van der Waals surface area (Å²) in [6.07, 6.45) is 3.41. The molecular weight excluding hydrogens is 394 g/mol. The van der Waals surface area contributed by atoms with Gasteiger partial charge in [-0.15, -0.1) is 0 Å². The number of methoxy groups -OCH3 is 2. The highest BCUT2D eigenvalue weighted by Crippen LogP contribution is 2.53. The van der Waals surface area contributed by atoms with Crippen LogP contribution in [0.5, 0.6) is 5.75 Å². The van der Waals surface area contributed by atoms with E-state index >= 15 is 0 Å². The molecule has 1 saturated heterocycles. The van der Waals surface area contributed by atoms with E-state index in [1.165, 1.54) is 13.5 Å². The average molecular weight is 428 g/mol. The quantitative estimate of drug-likeness (QED) is 0.699. The minimum Gasteiger partial charge on any atom is -0.497 e. The first-order chi connectivity index (χ1) is 14.6. The molecule has 1 aromatic carbocycles. The minimum atomic E-state index is -0.524. The molecule has 7 heteroatoms. The number of nitrogens with one attached hydrogen (secondary N) is 2. The number of aromatic amines is 1. The molecule has 2 aromatic rings. The zero-order valence-corrected chi connectivity index (χ0v) is 19.3. The van der Waals surface area contributed by atoms with E-state index in [4.69, 9.17) is 9.47 Å². The highest BCUT2D eigenvalue weighted by molar-refractivity contribution is 6.11. The van der Waals surface area contributed by atoms with Gasteiger partial charge >= 0.3 is 5.97 Å². The third-order valence-electron chi connectivity index (χ3n) is 6.98. The summed E-state index contributed by atoms with van der Waals surface area (Å²) < 4.78 is 10.2. The standard InChI is InChI=1S/C24H33N3O4/c1-14(27-13-24(4)11-15(27)10-23(2,3)12-24)21(28)26-19-17-8-7-16(30-5)9-18(17)25-20(19)22(29)31-6/h7-9,14-15,25H,10-13H2,1-6H3,(H,26,28). The maximum absolute atomic E-state index is 13.3. The number of likely N-dealkylation sites (tertiary alicyclic amines) is 1. The van der Waals surface area contributed by atoms with E-state index < -0.39 is 5.97 Å². The summed E-state index contributed by atoms with van der Waals surface area (Å²) >= 11 is 0. The van der Waals surface area contributed by atoms with E-state index in [1.54, 1.807) is 13.2 Å². The number of ether oxygens (including phenoxy) is 2. The number of anilines is 1. The van der Waals surface area contributed by atoms with Crippen LogP contribution in [0.25, 0.3) is 10.9 Å². The summed E-state index contributed by atoms with van der Waals surface area (Å²) in [7, 11) is 2.92. The maximum atomic E-state index is 13.3. The van der Waals surface area contributed by atoms with Crippen molar-refractivity contribution in [1.29, 1.82) is 0 Å². The summed E-state index contributed by atoms with van der Waals surface area (Å²) in [5, 5.41) is 3.77. The second kappa shape index (κ2) is 7.55. The van der Waals surface area contributed by atoms with Gasteiger partial charge in [0, 0.05) is 24.0 Å². The normalized spacial score (nSPS) is 25.9. The molecular formula is C24H33N3O4. The third kappa shape index (κ3) is 3.91. The van der Waals surface area contributed by atoms with Crippen LogP contribution in [-0.2, 0) is 9.53 Å². The predicted octanol–water partition coefficient (Wildman–Crippen LogP) is 4.19. The monoisotopic (exact) mass is 427 g/mol. The van der Waals surface area contributed by atoms with Gasteiger partial charge in [-0.3, -0.25) is 9.69 Å². The summed E-state index contributed by atoms with van der Waals surface area (Å²) in [6, 6.07) is 5.55. The number of rotatable bonds is 5. The molecule has 1 amide bonds. The lowest BCUT2D eigenvalue weighted by Crippen LogP contribution is -2.45. The molecule has 31 heavy (non-hydrogen) atoms. The molecule has 2 fully saturated rings. The number of H-pyrrole nitrogens is 1. The van der Waals surface area contributed by atoms with E-state index in [1.807, 2.05) is 19.1 Å². The Kier molecular flexibility index (Phi) is 5.28. The second-order valence-electron chi connectivity index (χ2n) is 10.3. The largest absolute Gasteiger partial charge is 0.497 e. The van der Waals surface area contributed by atoms with Crippen LogP contribution in [0.4, 0.5) is 5.69 Å². The zero-order valence-electron chi connectivity index (χ0n) is 19.3. The van der Waals surface area contributed by atoms with E-state index in [9.17, 15) is 9.59 Å². The number of benzene rings is 1. The Balaban J connectivity index is 1.62. The molecule has 1 aromatic heterocycles. The predicted molar refractivity (Wildman–Crippen MR) is 121 cm³/mol. The van der Waals surface area contributed by atoms with Gasteiger partial charge in [0.1, 0.15) is 11.4 Å². The van der Waals surface area contributed by atoms with Crippen LogP contribution < -0.4 is 10.1 Å². The Morgan fingerprint density at radius 1 is 1.23 bits per heavy atom. The molecule has 0 radical (unpaired) electrons. The Morgan fingerprint density at radius 2 is 1.97 bits per heavy atom. The van der Waals surface area contributed by atoms with Gasteiger partial charge in [-0.1, -0.05) is 20.8 Å². The second-order valence-corrected chi connectivity index (χ2v) is 10.3. The van der Waals surface area contributed by atoms with Crippen LogP contribution in [0.3, 0.4) is 0 Å². The van der Waals surface area contributed by atoms with E-state index in [-0.39, 0.29) is 28.5 Å². The van der Waals surface area contributed by atoms with Crippen molar-refractivity contribution >= 4 is 28.5 Å². The molecule has 0 spiro atoms. The molecule has 2 aliphatic rings. The molecule has 3 unspecified atom stereocenters. The number of aromatic nitrogens is 1. The first kappa shape index (κ1) is 21.7. The number of carbonyl (C=O) groups excluding carboxylic acids is 2. The fourth-order valence-corrected chi connectivity index (χ4v) is 6.02. The third-order valence-corrected chi connectivity index (χ3v) is 6.98. The van der Waals surface area contributed by atoms with Crippen LogP contribution in [-0.4, -0.2) is 54.6 Å². The Morgan fingerprint density at radius 3 is 2.65 bits per heavy atom. The highest BCUT2D eigenvalue weighted by atomic mass is 16.5. The SMILES string of the molecule is COC(=O)c1[nH]c2cc(OC)ccc2c1NC(=O)C(C)N1CC2(C)CC1CC(C)(C)C2. The molecule has 2 bridgehead atoms. The Bertz CT molecular complexity index is 1030. The van der Waals surface area contributed by atoms with Crippen LogP contribution in [0.2, 0.25) is 0 Å². The van der Waals surface area contributed by atoms with E-state index in [2.05, 4.69) is 36.0 Å². The van der Waals surface area contributed by atoms with Crippen LogP contribution in [0, 0.1) is 10.8 Å². The highest BCUT2D eigenvalue weighted by Gasteiger charge is 2.51. The molecule has 1 aliphatic heterocycles. The lowest BCUT2D eigenvalue weighted by Gasteiger charge is -2.40. The first-order valence-corrected chi connectivity index (χ1v) is 10.9. The summed E-state index contributed by atoms with van der Waals surface area (Å²) in [4.78, 5) is 31.1. The number of amides is 1. The summed E-state index contributed by atoms with van der Waals surface area (Å²) in [5.41, 5.74) is 1.93. The van der Waals surface area contributed by atoms with Crippen LogP contribution in [0.15, 0.2) is 18.2 Å². The summed E-state index contributed by atoms with van der Waals surface area (Å²) in [6.45, 7) is 9.88. The molecule has 7 nitrogen and oxygen atoms in total. The van der Waals surface area contributed by atoms with Crippen LogP contribution in [0.1, 0.15) is 57.4 Å². The van der Waals surface area contributed by atoms with Gasteiger partial charge in [-0.05, 0) is 49.1 Å². The van der Waals surface area contributed by atoms with Gasteiger partial charge in [0.2, 0.25) is 5.91 Å². The smallest absolute Gasteiger partial charge is 0.356 e. The van der Waals surface area contributed by atoms with Gasteiger partial charge in [0.25, 0.3) is 0 Å². The number of esters is 1. The van der Waals surface area contributed by atoms with E-state index in [0.717, 1.165) is 24.8 Å². The van der Waals surface area contributed by atoms with Gasteiger partial charge < -0.3 is 19.8 Å².